The number of rotatable bonds is 5. The summed E-state index contributed by atoms with van der Waals surface area (Å²) in [6.45, 7) is 5.00. The lowest BCUT2D eigenvalue weighted by Crippen LogP contribution is -2.28. The molecule has 5 heteroatoms. The predicted molar refractivity (Wildman–Crippen MR) is 102 cm³/mol. The highest BCUT2D eigenvalue weighted by molar-refractivity contribution is 7.88. The third kappa shape index (κ3) is 3.69. The monoisotopic (exact) mass is 360 g/mol. The molecule has 0 bridgehead atoms. The predicted octanol–water partition coefficient (Wildman–Crippen LogP) is 2.62. The summed E-state index contributed by atoms with van der Waals surface area (Å²) in [4.78, 5) is 2.55. The minimum atomic E-state index is -3.07. The Kier molecular flexibility index (Phi) is 4.73. The molecule has 1 aliphatic carbocycles. The number of hydrogen-bond donors (Lipinski definition) is 0. The molecule has 0 spiro atoms. The Labute approximate surface area is 151 Å². The van der Waals surface area contributed by atoms with Gasteiger partial charge < -0.3 is 4.90 Å². The molecule has 0 aromatic heterocycles. The van der Waals surface area contributed by atoms with E-state index in [1.54, 1.807) is 4.31 Å². The van der Waals surface area contributed by atoms with Gasteiger partial charge in [-0.25, -0.2) is 12.7 Å². The van der Waals surface area contributed by atoms with Crippen LogP contribution < -0.4 is 0 Å². The van der Waals surface area contributed by atoms with Crippen LogP contribution >= 0.6 is 0 Å². The van der Waals surface area contributed by atoms with E-state index in [1.165, 1.54) is 48.9 Å². The third-order valence-electron chi connectivity index (χ3n) is 6.12. The SMILES string of the molecule is CS(=O)(=O)N1CC2CC=C(c3ccc(CCN4CCCC4)cc3)C2C1. The van der Waals surface area contributed by atoms with Crippen LogP contribution in [0.3, 0.4) is 0 Å². The molecule has 1 aromatic rings. The van der Waals surface area contributed by atoms with E-state index in [0.717, 1.165) is 19.4 Å². The van der Waals surface area contributed by atoms with E-state index in [0.29, 0.717) is 24.9 Å². The van der Waals surface area contributed by atoms with E-state index in [9.17, 15) is 8.42 Å². The van der Waals surface area contributed by atoms with Crippen LogP contribution in [0.5, 0.6) is 0 Å². The molecular formula is C20H28N2O2S. The molecule has 2 atom stereocenters. The van der Waals surface area contributed by atoms with Gasteiger partial charge in [0.25, 0.3) is 0 Å². The molecule has 2 fully saturated rings. The van der Waals surface area contributed by atoms with E-state index < -0.39 is 10.0 Å². The van der Waals surface area contributed by atoms with Crippen LogP contribution in [0.2, 0.25) is 0 Å². The standard InChI is InChI=1S/C20H28N2O2S/c1-25(23,24)22-14-18-8-9-19(20(18)15-22)17-6-4-16(5-7-17)10-13-21-11-2-3-12-21/h4-7,9,18,20H,2-3,8,10-15H2,1H3. The zero-order valence-electron chi connectivity index (χ0n) is 15.0. The average molecular weight is 361 g/mol. The van der Waals surface area contributed by atoms with Crippen molar-refractivity contribution in [3.63, 3.8) is 0 Å². The zero-order valence-corrected chi connectivity index (χ0v) is 15.8. The molecule has 25 heavy (non-hydrogen) atoms. The van der Waals surface area contributed by atoms with Crippen LogP contribution in [0.15, 0.2) is 30.3 Å². The van der Waals surface area contributed by atoms with Crippen molar-refractivity contribution in [2.24, 2.45) is 11.8 Å². The van der Waals surface area contributed by atoms with Gasteiger partial charge in [-0.3, -0.25) is 0 Å². The molecule has 3 aliphatic rings. The Balaban J connectivity index is 1.40. The van der Waals surface area contributed by atoms with Crippen LogP contribution in [-0.2, 0) is 16.4 Å². The molecule has 0 saturated carbocycles. The van der Waals surface area contributed by atoms with Crippen molar-refractivity contribution in [1.82, 2.24) is 9.21 Å². The number of likely N-dealkylation sites (tertiary alicyclic amines) is 1. The topological polar surface area (TPSA) is 40.6 Å². The maximum atomic E-state index is 11.8. The molecule has 0 amide bonds. The smallest absolute Gasteiger partial charge is 0.211 e. The highest BCUT2D eigenvalue weighted by atomic mass is 32.2. The largest absolute Gasteiger partial charge is 0.303 e. The fraction of sp³-hybridized carbons (Fsp3) is 0.600. The molecule has 0 N–H and O–H groups in total. The van der Waals surface area contributed by atoms with Crippen molar-refractivity contribution in [2.75, 3.05) is 39.0 Å². The lowest BCUT2D eigenvalue weighted by atomic mass is 9.90. The van der Waals surface area contributed by atoms with Gasteiger partial charge in [-0.15, -0.1) is 0 Å². The minimum Gasteiger partial charge on any atom is -0.303 e. The number of fused-ring (bicyclic) bond motifs is 1. The fourth-order valence-corrected chi connectivity index (χ4v) is 5.51. The van der Waals surface area contributed by atoms with Crippen molar-refractivity contribution < 1.29 is 8.42 Å². The number of hydrogen-bond acceptors (Lipinski definition) is 3. The molecule has 2 heterocycles. The Morgan fingerprint density at radius 2 is 1.80 bits per heavy atom. The quantitative estimate of drug-likeness (QED) is 0.810. The Bertz CT molecular complexity index is 748. The first-order chi connectivity index (χ1) is 12.0. The first kappa shape index (κ1) is 17.3. The molecule has 136 valence electrons. The van der Waals surface area contributed by atoms with E-state index in [1.807, 2.05) is 0 Å². The Morgan fingerprint density at radius 1 is 1.08 bits per heavy atom. The summed E-state index contributed by atoms with van der Waals surface area (Å²) in [6.07, 6.45) is 8.47. The van der Waals surface area contributed by atoms with Gasteiger partial charge in [-0.05, 0) is 61.4 Å². The second-order valence-corrected chi connectivity index (χ2v) is 9.82. The van der Waals surface area contributed by atoms with Crippen LogP contribution in [0.25, 0.3) is 5.57 Å². The molecular weight excluding hydrogens is 332 g/mol. The molecule has 2 saturated heterocycles. The summed E-state index contributed by atoms with van der Waals surface area (Å²) < 4.78 is 25.3. The van der Waals surface area contributed by atoms with Gasteiger partial charge in [0.2, 0.25) is 10.0 Å². The maximum absolute atomic E-state index is 11.8. The van der Waals surface area contributed by atoms with Crippen LogP contribution in [0, 0.1) is 11.8 Å². The molecule has 2 unspecified atom stereocenters. The lowest BCUT2D eigenvalue weighted by Gasteiger charge is -2.16. The van der Waals surface area contributed by atoms with E-state index in [4.69, 9.17) is 0 Å². The van der Waals surface area contributed by atoms with Crippen LogP contribution in [-0.4, -0.2) is 56.6 Å². The fourth-order valence-electron chi connectivity index (χ4n) is 4.61. The molecule has 1 aromatic carbocycles. The van der Waals surface area contributed by atoms with E-state index in [-0.39, 0.29) is 0 Å². The second kappa shape index (κ2) is 6.86. The molecule has 4 rings (SSSR count). The van der Waals surface area contributed by atoms with Crippen molar-refractivity contribution in [1.29, 1.82) is 0 Å². The summed E-state index contributed by atoms with van der Waals surface area (Å²) in [6, 6.07) is 8.97. The Hall–Kier alpha value is -1.17. The number of benzene rings is 1. The van der Waals surface area contributed by atoms with Gasteiger partial charge in [0.1, 0.15) is 0 Å². The lowest BCUT2D eigenvalue weighted by molar-refractivity contribution is 0.343. The molecule has 0 radical (unpaired) electrons. The van der Waals surface area contributed by atoms with Gasteiger partial charge in [-0.2, -0.15) is 0 Å². The molecule has 2 aliphatic heterocycles. The summed E-state index contributed by atoms with van der Waals surface area (Å²) >= 11 is 0. The van der Waals surface area contributed by atoms with Gasteiger partial charge in [0.05, 0.1) is 6.26 Å². The summed E-state index contributed by atoms with van der Waals surface area (Å²) in [5.74, 6) is 0.824. The number of sulfonamides is 1. The highest BCUT2D eigenvalue weighted by Gasteiger charge is 2.41. The summed E-state index contributed by atoms with van der Waals surface area (Å²) in [7, 11) is -3.07. The van der Waals surface area contributed by atoms with Crippen molar-refractivity contribution in [3.05, 3.63) is 41.5 Å². The van der Waals surface area contributed by atoms with E-state index in [2.05, 4.69) is 35.2 Å². The highest BCUT2D eigenvalue weighted by Crippen LogP contribution is 2.43. The normalized spacial score (nSPS) is 27.6. The van der Waals surface area contributed by atoms with Gasteiger partial charge >= 0.3 is 0 Å². The average Bonchev–Trinajstić information content (AvgIpc) is 3.29. The van der Waals surface area contributed by atoms with Gasteiger partial charge in [-0.1, -0.05) is 30.3 Å². The van der Waals surface area contributed by atoms with Gasteiger partial charge in [0, 0.05) is 25.6 Å². The first-order valence-corrected chi connectivity index (χ1v) is 11.3. The van der Waals surface area contributed by atoms with Gasteiger partial charge in [0.15, 0.2) is 0 Å². The molecule has 4 nitrogen and oxygen atoms in total. The summed E-state index contributed by atoms with van der Waals surface area (Å²) in [5, 5.41) is 0. The zero-order chi connectivity index (χ0) is 17.4. The minimum absolute atomic E-state index is 0.366. The van der Waals surface area contributed by atoms with Crippen LogP contribution in [0.4, 0.5) is 0 Å². The van der Waals surface area contributed by atoms with Crippen LogP contribution in [0.1, 0.15) is 30.4 Å². The second-order valence-electron chi connectivity index (χ2n) is 7.84. The van der Waals surface area contributed by atoms with E-state index >= 15 is 0 Å². The van der Waals surface area contributed by atoms with Crippen molar-refractivity contribution >= 4 is 15.6 Å². The maximum Gasteiger partial charge on any atom is 0.211 e. The first-order valence-electron chi connectivity index (χ1n) is 9.47. The third-order valence-corrected chi connectivity index (χ3v) is 7.36. The Morgan fingerprint density at radius 3 is 2.48 bits per heavy atom. The van der Waals surface area contributed by atoms with Crippen molar-refractivity contribution in [2.45, 2.75) is 25.7 Å². The number of allylic oxidation sites excluding steroid dienone is 1. The summed E-state index contributed by atoms with van der Waals surface area (Å²) in [5.41, 5.74) is 4.02. The van der Waals surface area contributed by atoms with Crippen molar-refractivity contribution in [3.8, 4) is 0 Å². The number of nitrogens with zero attached hydrogens (tertiary/aromatic N) is 2.